The summed E-state index contributed by atoms with van der Waals surface area (Å²) in [5.41, 5.74) is 7.39. The van der Waals surface area contributed by atoms with Gasteiger partial charge in [-0.05, 0) is 5.92 Å². The largest absolute Gasteiger partial charge is 0.368 e. The molecule has 1 aliphatic heterocycles. The number of hydrogen-bond donors (Lipinski definition) is 1. The molecule has 0 spiro atoms. The Hall–Kier alpha value is -1.65. The Bertz CT molecular complexity index is 416. The zero-order chi connectivity index (χ0) is 11.7. The van der Waals surface area contributed by atoms with E-state index in [4.69, 9.17) is 5.73 Å². The van der Waals surface area contributed by atoms with E-state index in [1.807, 2.05) is 13.8 Å². The first-order valence-corrected chi connectivity index (χ1v) is 5.44. The smallest absolute Gasteiger partial charge is 0.223 e. The molecule has 0 saturated carbocycles. The number of nitrogens with zero attached hydrogens (tertiary/aromatic N) is 3. The Balaban J connectivity index is 2.08. The van der Waals surface area contributed by atoms with Gasteiger partial charge in [-0.2, -0.15) is 0 Å². The third kappa shape index (κ3) is 2.13. The van der Waals surface area contributed by atoms with E-state index >= 15 is 0 Å². The third-order valence-corrected chi connectivity index (χ3v) is 2.61. The van der Waals surface area contributed by atoms with E-state index in [0.717, 1.165) is 11.3 Å². The van der Waals surface area contributed by atoms with Crippen molar-refractivity contribution in [2.75, 3.05) is 5.73 Å². The van der Waals surface area contributed by atoms with Gasteiger partial charge in [-0.3, -0.25) is 4.79 Å². The highest BCUT2D eigenvalue weighted by Crippen LogP contribution is 2.22. The lowest BCUT2D eigenvalue weighted by atomic mass is 10.1. The molecule has 86 valence electrons. The first kappa shape index (κ1) is 10.9. The second-order valence-corrected chi connectivity index (χ2v) is 4.55. The molecule has 1 aliphatic rings. The lowest BCUT2D eigenvalue weighted by molar-refractivity contribution is -0.132. The maximum absolute atomic E-state index is 11.9. The number of aromatic nitrogens is 2. The quantitative estimate of drug-likeness (QED) is 0.805. The minimum Gasteiger partial charge on any atom is -0.368 e. The molecule has 0 unspecified atom stereocenters. The summed E-state index contributed by atoms with van der Waals surface area (Å²) < 4.78 is 0. The predicted molar refractivity (Wildman–Crippen MR) is 60.2 cm³/mol. The highest BCUT2D eigenvalue weighted by atomic mass is 16.2. The van der Waals surface area contributed by atoms with E-state index in [9.17, 15) is 4.79 Å². The van der Waals surface area contributed by atoms with E-state index in [2.05, 4.69) is 9.97 Å². The number of rotatable bonds is 2. The fraction of sp³-hybridized carbons (Fsp3) is 0.545. The van der Waals surface area contributed by atoms with Gasteiger partial charge in [0.05, 0.1) is 12.2 Å². The van der Waals surface area contributed by atoms with E-state index in [1.165, 1.54) is 0 Å². The topological polar surface area (TPSA) is 72.1 Å². The zero-order valence-corrected chi connectivity index (χ0v) is 9.60. The first-order valence-electron chi connectivity index (χ1n) is 5.44. The van der Waals surface area contributed by atoms with E-state index in [-0.39, 0.29) is 11.9 Å². The van der Waals surface area contributed by atoms with Gasteiger partial charge >= 0.3 is 0 Å². The Morgan fingerprint density at radius 2 is 2.31 bits per heavy atom. The van der Waals surface area contributed by atoms with Crippen LogP contribution in [0.4, 0.5) is 5.95 Å². The lowest BCUT2D eigenvalue weighted by Gasteiger charge is -2.16. The fourth-order valence-corrected chi connectivity index (χ4v) is 1.82. The molecule has 1 amide bonds. The first-order chi connectivity index (χ1) is 7.56. The van der Waals surface area contributed by atoms with Crippen molar-refractivity contribution < 1.29 is 4.79 Å². The van der Waals surface area contributed by atoms with Crippen LogP contribution >= 0.6 is 0 Å². The Morgan fingerprint density at radius 1 is 1.56 bits per heavy atom. The van der Waals surface area contributed by atoms with Crippen LogP contribution in [0.15, 0.2) is 6.20 Å². The van der Waals surface area contributed by atoms with Crippen molar-refractivity contribution >= 4 is 11.9 Å². The van der Waals surface area contributed by atoms with Crippen LogP contribution in [0.1, 0.15) is 31.5 Å². The van der Waals surface area contributed by atoms with Crippen molar-refractivity contribution in [3.63, 3.8) is 0 Å². The molecule has 2 rings (SSSR count). The summed E-state index contributed by atoms with van der Waals surface area (Å²) in [5.74, 6) is 0.829. The number of fused-ring (bicyclic) bond motifs is 1. The third-order valence-electron chi connectivity index (χ3n) is 2.61. The Labute approximate surface area is 94.7 Å². The molecule has 16 heavy (non-hydrogen) atoms. The van der Waals surface area contributed by atoms with Crippen molar-refractivity contribution in [2.24, 2.45) is 5.92 Å². The number of hydrogen-bond acceptors (Lipinski definition) is 4. The SMILES string of the molecule is CC(C)CC(=O)N1Cc2cnc(N)nc2C1. The summed E-state index contributed by atoms with van der Waals surface area (Å²) in [5, 5.41) is 0. The van der Waals surface area contributed by atoms with E-state index in [1.54, 1.807) is 11.1 Å². The zero-order valence-electron chi connectivity index (χ0n) is 9.60. The van der Waals surface area contributed by atoms with Crippen LogP contribution in [0.3, 0.4) is 0 Å². The average Bonchev–Trinajstić information content (AvgIpc) is 2.59. The maximum Gasteiger partial charge on any atom is 0.223 e. The number of amides is 1. The second kappa shape index (κ2) is 4.08. The summed E-state index contributed by atoms with van der Waals surface area (Å²) >= 11 is 0. The predicted octanol–water partition coefficient (Wildman–Crippen LogP) is 0.947. The minimum absolute atomic E-state index is 0.173. The summed E-state index contributed by atoms with van der Waals surface area (Å²) in [6.07, 6.45) is 2.29. The summed E-state index contributed by atoms with van der Waals surface area (Å²) in [7, 11) is 0. The van der Waals surface area contributed by atoms with Gasteiger partial charge in [0.1, 0.15) is 0 Å². The molecule has 0 atom stereocenters. The highest BCUT2D eigenvalue weighted by molar-refractivity contribution is 5.77. The van der Waals surface area contributed by atoms with Crippen LogP contribution in [0.25, 0.3) is 0 Å². The molecule has 0 aliphatic carbocycles. The average molecular weight is 220 g/mol. The fourth-order valence-electron chi connectivity index (χ4n) is 1.82. The number of anilines is 1. The van der Waals surface area contributed by atoms with Crippen LogP contribution < -0.4 is 5.73 Å². The van der Waals surface area contributed by atoms with Gasteiger partial charge in [0.25, 0.3) is 0 Å². The molecule has 2 heterocycles. The van der Waals surface area contributed by atoms with Crippen molar-refractivity contribution in [3.8, 4) is 0 Å². The van der Waals surface area contributed by atoms with E-state index < -0.39 is 0 Å². The van der Waals surface area contributed by atoms with Gasteiger partial charge in [0, 0.05) is 24.7 Å². The van der Waals surface area contributed by atoms with Gasteiger partial charge in [-0.25, -0.2) is 9.97 Å². The Morgan fingerprint density at radius 3 is 3.00 bits per heavy atom. The monoisotopic (exact) mass is 220 g/mol. The second-order valence-electron chi connectivity index (χ2n) is 4.55. The van der Waals surface area contributed by atoms with Gasteiger partial charge in [-0.15, -0.1) is 0 Å². The molecule has 0 aromatic carbocycles. The van der Waals surface area contributed by atoms with Gasteiger partial charge < -0.3 is 10.6 Å². The van der Waals surface area contributed by atoms with Crippen LogP contribution in [-0.4, -0.2) is 20.8 Å². The van der Waals surface area contributed by atoms with Gasteiger partial charge in [-0.1, -0.05) is 13.8 Å². The normalized spacial score (nSPS) is 14.3. The van der Waals surface area contributed by atoms with Crippen LogP contribution in [0, 0.1) is 5.92 Å². The molecule has 5 heteroatoms. The lowest BCUT2D eigenvalue weighted by Crippen LogP contribution is -2.26. The number of nitrogen functional groups attached to an aromatic ring is 1. The number of carbonyl (C=O) groups excluding carboxylic acids is 1. The van der Waals surface area contributed by atoms with E-state index in [0.29, 0.717) is 25.4 Å². The molecule has 1 aromatic rings. The molecule has 1 aromatic heterocycles. The highest BCUT2D eigenvalue weighted by Gasteiger charge is 2.25. The van der Waals surface area contributed by atoms with Crippen LogP contribution in [0.5, 0.6) is 0 Å². The summed E-state index contributed by atoms with van der Waals surface area (Å²) in [6, 6.07) is 0. The van der Waals surface area contributed by atoms with Crippen molar-refractivity contribution in [1.82, 2.24) is 14.9 Å². The standard InChI is InChI=1S/C11H16N4O/c1-7(2)3-10(16)15-5-8-4-13-11(12)14-9(8)6-15/h4,7H,3,5-6H2,1-2H3,(H2,12,13,14). The molecule has 2 N–H and O–H groups in total. The maximum atomic E-state index is 11.9. The number of nitrogens with two attached hydrogens (primary N) is 1. The van der Waals surface area contributed by atoms with Crippen molar-refractivity contribution in [1.29, 1.82) is 0 Å². The molecule has 0 saturated heterocycles. The summed E-state index contributed by atoms with van der Waals surface area (Å²) in [4.78, 5) is 21.7. The molecule has 0 bridgehead atoms. The molecular formula is C11H16N4O. The molecule has 0 fully saturated rings. The van der Waals surface area contributed by atoms with Crippen molar-refractivity contribution in [2.45, 2.75) is 33.4 Å². The summed E-state index contributed by atoms with van der Waals surface area (Å²) in [6.45, 7) is 5.26. The minimum atomic E-state index is 0.173. The van der Waals surface area contributed by atoms with Crippen LogP contribution in [-0.2, 0) is 17.9 Å². The molecule has 5 nitrogen and oxygen atoms in total. The van der Waals surface area contributed by atoms with Crippen LogP contribution in [0.2, 0.25) is 0 Å². The number of carbonyl (C=O) groups is 1. The van der Waals surface area contributed by atoms with Crippen molar-refractivity contribution in [3.05, 3.63) is 17.5 Å². The van der Waals surface area contributed by atoms with Gasteiger partial charge in [0.2, 0.25) is 11.9 Å². The van der Waals surface area contributed by atoms with Gasteiger partial charge in [0.15, 0.2) is 0 Å². The molecular weight excluding hydrogens is 204 g/mol. The Kier molecular flexibility index (Phi) is 2.77. The molecule has 0 radical (unpaired) electrons.